The summed E-state index contributed by atoms with van der Waals surface area (Å²) in [6.07, 6.45) is 4.66. The molecule has 0 aliphatic rings. The second-order valence-corrected chi connectivity index (χ2v) is 6.02. The van der Waals surface area contributed by atoms with Crippen molar-refractivity contribution < 1.29 is 10.0 Å². The van der Waals surface area contributed by atoms with E-state index in [2.05, 4.69) is 16.9 Å². The highest BCUT2D eigenvalue weighted by atomic mass is 16.6. The number of hydrogen-bond donors (Lipinski definition) is 1. The molecule has 1 aromatic heterocycles. The van der Waals surface area contributed by atoms with Crippen LogP contribution in [0.4, 0.5) is 11.6 Å². The number of aryl methyl sites for hydroxylation is 1. The average Bonchev–Trinajstić information content (AvgIpc) is 2.99. The summed E-state index contributed by atoms with van der Waals surface area (Å²) >= 11 is 0. The molecule has 0 bridgehead atoms. The third kappa shape index (κ3) is 3.72. The quantitative estimate of drug-likeness (QED) is 0.291. The largest absolute Gasteiger partial charge is 0.507 e. The van der Waals surface area contributed by atoms with E-state index in [1.807, 2.05) is 28.8 Å². The monoisotopic (exact) mass is 352 g/mol. The van der Waals surface area contributed by atoms with Gasteiger partial charge < -0.3 is 9.67 Å². The number of unbranched alkanes of at least 4 members (excludes halogenated alkanes) is 2. The number of non-ortho nitro benzene ring substituents is 1. The summed E-state index contributed by atoms with van der Waals surface area (Å²) in [7, 11) is 0. The Morgan fingerprint density at radius 2 is 2.08 bits per heavy atom. The van der Waals surface area contributed by atoms with Crippen LogP contribution in [-0.4, -0.2) is 25.8 Å². The van der Waals surface area contributed by atoms with Crippen molar-refractivity contribution in [2.45, 2.75) is 32.7 Å². The van der Waals surface area contributed by atoms with Crippen molar-refractivity contribution >= 4 is 28.9 Å². The van der Waals surface area contributed by atoms with E-state index in [0.717, 1.165) is 36.8 Å². The Morgan fingerprint density at radius 1 is 1.27 bits per heavy atom. The zero-order valence-electron chi connectivity index (χ0n) is 14.5. The van der Waals surface area contributed by atoms with E-state index in [-0.39, 0.29) is 17.0 Å². The molecule has 1 N–H and O–H groups in total. The van der Waals surface area contributed by atoms with Crippen LogP contribution in [0.3, 0.4) is 0 Å². The first-order valence-electron chi connectivity index (χ1n) is 8.57. The number of nitro benzene ring substituents is 1. The molecule has 7 nitrogen and oxygen atoms in total. The predicted molar refractivity (Wildman–Crippen MR) is 101 cm³/mol. The van der Waals surface area contributed by atoms with Crippen LogP contribution < -0.4 is 0 Å². The van der Waals surface area contributed by atoms with Crippen LogP contribution in [0.15, 0.2) is 47.5 Å². The van der Waals surface area contributed by atoms with Gasteiger partial charge in [-0.2, -0.15) is 0 Å². The number of benzene rings is 2. The van der Waals surface area contributed by atoms with Gasteiger partial charge in [0.1, 0.15) is 5.75 Å². The molecule has 0 saturated carbocycles. The molecule has 1 heterocycles. The number of rotatable bonds is 7. The number of phenols is 1. The van der Waals surface area contributed by atoms with Crippen LogP contribution in [0, 0.1) is 10.1 Å². The fourth-order valence-corrected chi connectivity index (χ4v) is 2.79. The fraction of sp³-hybridized carbons (Fsp3) is 0.263. The number of fused-ring (bicyclic) bond motifs is 1. The van der Waals surface area contributed by atoms with Crippen molar-refractivity contribution in [2.24, 2.45) is 4.99 Å². The standard InChI is InChI=1S/C19H20N4O3/c1-2-3-6-11-22-17-8-5-4-7-16(17)21-19(22)20-13-14-12-15(23(25)26)9-10-18(14)24/h4-5,7-10,12-13,24H,2-3,6,11H2,1H3. The van der Waals surface area contributed by atoms with E-state index in [0.29, 0.717) is 5.95 Å². The number of phenolic OH excluding ortho intramolecular Hbond substituents is 1. The lowest BCUT2D eigenvalue weighted by Gasteiger charge is -2.06. The topological polar surface area (TPSA) is 93.5 Å². The van der Waals surface area contributed by atoms with E-state index in [9.17, 15) is 15.2 Å². The van der Waals surface area contributed by atoms with Gasteiger partial charge in [0.15, 0.2) is 0 Å². The van der Waals surface area contributed by atoms with E-state index >= 15 is 0 Å². The van der Waals surface area contributed by atoms with Crippen LogP contribution in [0.1, 0.15) is 31.7 Å². The van der Waals surface area contributed by atoms with Crippen molar-refractivity contribution in [3.8, 4) is 5.75 Å². The molecule has 0 saturated heterocycles. The van der Waals surface area contributed by atoms with Gasteiger partial charge in [-0.05, 0) is 24.6 Å². The third-order valence-electron chi connectivity index (χ3n) is 4.16. The molecule has 134 valence electrons. The molecule has 26 heavy (non-hydrogen) atoms. The Morgan fingerprint density at radius 3 is 2.85 bits per heavy atom. The second kappa shape index (κ2) is 7.77. The summed E-state index contributed by atoms with van der Waals surface area (Å²) in [5.41, 5.74) is 2.03. The molecular weight excluding hydrogens is 332 g/mol. The minimum Gasteiger partial charge on any atom is -0.507 e. The molecule has 0 amide bonds. The first-order valence-corrected chi connectivity index (χ1v) is 8.57. The fourth-order valence-electron chi connectivity index (χ4n) is 2.79. The smallest absolute Gasteiger partial charge is 0.270 e. The van der Waals surface area contributed by atoms with Crippen molar-refractivity contribution in [3.63, 3.8) is 0 Å². The third-order valence-corrected chi connectivity index (χ3v) is 4.16. The highest BCUT2D eigenvalue weighted by Gasteiger charge is 2.11. The number of aromatic nitrogens is 2. The highest BCUT2D eigenvalue weighted by Crippen LogP contribution is 2.25. The van der Waals surface area contributed by atoms with Crippen LogP contribution in [0.2, 0.25) is 0 Å². The van der Waals surface area contributed by atoms with Gasteiger partial charge in [0.25, 0.3) is 5.69 Å². The lowest BCUT2D eigenvalue weighted by molar-refractivity contribution is -0.384. The summed E-state index contributed by atoms with van der Waals surface area (Å²) in [4.78, 5) is 19.4. The van der Waals surface area contributed by atoms with Crippen molar-refractivity contribution in [1.29, 1.82) is 0 Å². The highest BCUT2D eigenvalue weighted by molar-refractivity contribution is 5.87. The van der Waals surface area contributed by atoms with E-state index in [1.165, 1.54) is 24.4 Å². The predicted octanol–water partition coefficient (Wildman–Crippen LogP) is 4.59. The maximum Gasteiger partial charge on any atom is 0.270 e. The molecule has 7 heteroatoms. The Hall–Kier alpha value is -3.22. The Labute approximate surface area is 150 Å². The maximum atomic E-state index is 10.9. The number of para-hydroxylation sites is 2. The molecular formula is C19H20N4O3. The lowest BCUT2D eigenvalue weighted by Crippen LogP contribution is -1.98. The van der Waals surface area contributed by atoms with Crippen LogP contribution >= 0.6 is 0 Å². The molecule has 0 fully saturated rings. The van der Waals surface area contributed by atoms with Crippen molar-refractivity contribution in [1.82, 2.24) is 9.55 Å². The summed E-state index contributed by atoms with van der Waals surface area (Å²) in [5.74, 6) is 0.459. The number of nitro groups is 1. The lowest BCUT2D eigenvalue weighted by atomic mass is 10.2. The van der Waals surface area contributed by atoms with Gasteiger partial charge in [-0.25, -0.2) is 9.98 Å². The number of imidazole rings is 1. The van der Waals surface area contributed by atoms with Gasteiger partial charge in [0.05, 0.1) is 16.0 Å². The van der Waals surface area contributed by atoms with E-state index in [4.69, 9.17) is 0 Å². The summed E-state index contributed by atoms with van der Waals surface area (Å²) in [5, 5.41) is 20.9. The molecule has 0 atom stereocenters. The molecule has 0 aliphatic heterocycles. The molecule has 3 rings (SSSR count). The van der Waals surface area contributed by atoms with E-state index < -0.39 is 4.92 Å². The minimum atomic E-state index is -0.503. The number of aromatic hydroxyl groups is 1. The zero-order chi connectivity index (χ0) is 18.5. The number of hydrogen-bond acceptors (Lipinski definition) is 5. The Balaban J connectivity index is 1.97. The van der Waals surface area contributed by atoms with Crippen LogP contribution in [0.5, 0.6) is 5.75 Å². The molecule has 3 aromatic rings. The minimum absolute atomic E-state index is 0.0620. The van der Waals surface area contributed by atoms with Crippen molar-refractivity contribution in [2.75, 3.05) is 0 Å². The van der Waals surface area contributed by atoms with Gasteiger partial charge in [-0.3, -0.25) is 10.1 Å². The van der Waals surface area contributed by atoms with Gasteiger partial charge in [0.2, 0.25) is 5.95 Å². The summed E-state index contributed by atoms with van der Waals surface area (Å²) < 4.78 is 2.04. The van der Waals surface area contributed by atoms with Crippen LogP contribution in [-0.2, 0) is 6.54 Å². The van der Waals surface area contributed by atoms with E-state index in [1.54, 1.807) is 0 Å². The molecule has 2 aromatic carbocycles. The maximum absolute atomic E-state index is 10.9. The second-order valence-electron chi connectivity index (χ2n) is 6.02. The van der Waals surface area contributed by atoms with Crippen molar-refractivity contribution in [3.05, 3.63) is 58.1 Å². The Bertz CT molecular complexity index is 963. The van der Waals surface area contributed by atoms with Gasteiger partial charge >= 0.3 is 0 Å². The zero-order valence-corrected chi connectivity index (χ0v) is 14.5. The molecule has 0 radical (unpaired) electrons. The molecule has 0 spiro atoms. The summed E-state index contributed by atoms with van der Waals surface area (Å²) in [6.45, 7) is 2.94. The van der Waals surface area contributed by atoms with Gasteiger partial charge in [0, 0.05) is 30.5 Å². The molecule has 0 aliphatic carbocycles. The molecule has 0 unspecified atom stereocenters. The SMILES string of the molecule is CCCCCn1c(N=Cc2cc([N+](=O)[O-])ccc2O)nc2ccccc21. The van der Waals surface area contributed by atoms with Gasteiger partial charge in [-0.15, -0.1) is 0 Å². The first-order chi connectivity index (χ1) is 12.6. The number of nitrogens with zero attached hydrogens (tertiary/aromatic N) is 4. The first kappa shape index (κ1) is 17.6. The Kier molecular flexibility index (Phi) is 5.26. The van der Waals surface area contributed by atoms with Gasteiger partial charge in [-0.1, -0.05) is 31.9 Å². The number of aliphatic imine (C=N–C) groups is 1. The average molecular weight is 352 g/mol. The summed E-state index contributed by atoms with van der Waals surface area (Å²) in [6, 6.07) is 11.7. The normalized spacial score (nSPS) is 11.4. The van der Waals surface area contributed by atoms with Crippen LogP contribution in [0.25, 0.3) is 11.0 Å².